The van der Waals surface area contributed by atoms with Crippen molar-refractivity contribution in [1.82, 2.24) is 4.98 Å². The molecule has 1 saturated heterocycles. The van der Waals surface area contributed by atoms with Gasteiger partial charge in [0.15, 0.2) is 6.73 Å². The van der Waals surface area contributed by atoms with Crippen molar-refractivity contribution in [2.45, 2.75) is 12.8 Å². The van der Waals surface area contributed by atoms with Gasteiger partial charge in [0, 0.05) is 23.5 Å². The highest BCUT2D eigenvalue weighted by Gasteiger charge is 2.32. The standard InChI is InChI=1S/C16H24N2O4P/c1-18(2,13-22-23(19)20-10-5-11-21-23)9-8-14-12-17-16-7-4-3-6-15(14)16/h3-4,6-7,12,17H,5,8-11,13H2,1-2H3/q+1. The smallest absolute Gasteiger partial charge is 0.361 e. The predicted molar refractivity (Wildman–Crippen MR) is 89.1 cm³/mol. The highest BCUT2D eigenvalue weighted by atomic mass is 31.2. The number of rotatable bonds is 6. The molecule has 2 aromatic rings. The molecule has 1 aromatic carbocycles. The fraction of sp³-hybridized carbons (Fsp3) is 0.500. The van der Waals surface area contributed by atoms with Gasteiger partial charge in [0.05, 0.1) is 33.9 Å². The van der Waals surface area contributed by atoms with Gasteiger partial charge in [-0.1, -0.05) is 18.2 Å². The van der Waals surface area contributed by atoms with E-state index in [2.05, 4.69) is 23.3 Å². The van der Waals surface area contributed by atoms with Crippen LogP contribution in [0.5, 0.6) is 0 Å². The van der Waals surface area contributed by atoms with Crippen LogP contribution in [0, 0.1) is 0 Å². The van der Waals surface area contributed by atoms with Crippen molar-refractivity contribution in [2.75, 3.05) is 40.6 Å². The predicted octanol–water partition coefficient (Wildman–Crippen LogP) is 3.31. The molecule has 1 aliphatic heterocycles. The molecule has 6 nitrogen and oxygen atoms in total. The molecule has 0 saturated carbocycles. The summed E-state index contributed by atoms with van der Waals surface area (Å²) in [5.41, 5.74) is 2.43. The second-order valence-electron chi connectivity index (χ2n) is 6.49. The molecule has 3 rings (SSSR count). The topological polar surface area (TPSA) is 60.6 Å². The van der Waals surface area contributed by atoms with Gasteiger partial charge in [0.25, 0.3) is 0 Å². The number of likely N-dealkylation sites (N-methyl/N-ethyl adjacent to an activating group) is 1. The molecule has 1 aliphatic rings. The quantitative estimate of drug-likeness (QED) is 0.498. The maximum atomic E-state index is 12.2. The Hall–Kier alpha value is -1.17. The summed E-state index contributed by atoms with van der Waals surface area (Å²) < 4.78 is 28.6. The van der Waals surface area contributed by atoms with Crippen molar-refractivity contribution >= 4 is 18.7 Å². The van der Waals surface area contributed by atoms with Crippen LogP contribution in [0.1, 0.15) is 12.0 Å². The third kappa shape index (κ3) is 4.22. The first-order valence-electron chi connectivity index (χ1n) is 7.88. The number of aromatic nitrogens is 1. The average molecular weight is 339 g/mol. The number of para-hydroxylation sites is 1. The van der Waals surface area contributed by atoms with Gasteiger partial charge in [-0.15, -0.1) is 0 Å². The first-order valence-corrected chi connectivity index (χ1v) is 9.34. The normalized spacial score (nSPS) is 18.3. The molecule has 1 aromatic heterocycles. The number of fused-ring (bicyclic) bond motifs is 1. The number of aromatic amines is 1. The van der Waals surface area contributed by atoms with Crippen LogP contribution in [0.3, 0.4) is 0 Å². The van der Waals surface area contributed by atoms with Crippen molar-refractivity contribution in [3.8, 4) is 0 Å². The fourth-order valence-corrected chi connectivity index (χ4v) is 3.96. The molecule has 1 fully saturated rings. The van der Waals surface area contributed by atoms with Gasteiger partial charge in [-0.25, -0.2) is 9.09 Å². The molecular formula is C16H24N2O4P+. The van der Waals surface area contributed by atoms with Gasteiger partial charge in [-0.3, -0.25) is 9.05 Å². The summed E-state index contributed by atoms with van der Waals surface area (Å²) in [7, 11) is 0.739. The van der Waals surface area contributed by atoms with Crippen molar-refractivity contribution < 1.29 is 22.6 Å². The van der Waals surface area contributed by atoms with Crippen LogP contribution in [0.25, 0.3) is 10.9 Å². The van der Waals surface area contributed by atoms with E-state index in [9.17, 15) is 4.57 Å². The molecule has 23 heavy (non-hydrogen) atoms. The van der Waals surface area contributed by atoms with Crippen LogP contribution in [0.4, 0.5) is 0 Å². The Morgan fingerprint density at radius 3 is 2.78 bits per heavy atom. The van der Waals surface area contributed by atoms with Gasteiger partial charge < -0.3 is 9.47 Å². The van der Waals surface area contributed by atoms with E-state index in [0.717, 1.165) is 24.9 Å². The molecule has 1 N–H and O–H groups in total. The second-order valence-corrected chi connectivity index (χ2v) is 8.16. The highest BCUT2D eigenvalue weighted by molar-refractivity contribution is 7.48. The second kappa shape index (κ2) is 6.75. The Kier molecular flexibility index (Phi) is 4.90. The number of benzene rings is 1. The lowest BCUT2D eigenvalue weighted by Gasteiger charge is -2.31. The summed E-state index contributed by atoms with van der Waals surface area (Å²) in [4.78, 5) is 3.29. The van der Waals surface area contributed by atoms with Crippen LogP contribution in [-0.2, 0) is 24.6 Å². The molecule has 2 heterocycles. The lowest BCUT2D eigenvalue weighted by Crippen LogP contribution is -2.43. The Morgan fingerprint density at radius 1 is 1.26 bits per heavy atom. The lowest BCUT2D eigenvalue weighted by atomic mass is 10.1. The number of phosphoric ester groups is 1. The Labute approximate surface area is 136 Å². The van der Waals surface area contributed by atoms with Crippen LogP contribution in [0.15, 0.2) is 30.5 Å². The number of phosphoric acid groups is 1. The first kappa shape index (κ1) is 16.7. The number of hydrogen-bond acceptors (Lipinski definition) is 4. The van der Waals surface area contributed by atoms with Crippen molar-refractivity contribution in [2.24, 2.45) is 0 Å². The van der Waals surface area contributed by atoms with Gasteiger partial charge in [0.1, 0.15) is 0 Å². The monoisotopic (exact) mass is 339 g/mol. The van der Waals surface area contributed by atoms with Crippen LogP contribution < -0.4 is 0 Å². The first-order chi connectivity index (χ1) is 11.0. The number of quaternary nitrogens is 1. The van der Waals surface area contributed by atoms with Gasteiger partial charge in [-0.05, 0) is 18.1 Å². The largest absolute Gasteiger partial charge is 0.479 e. The minimum absolute atomic E-state index is 0.291. The van der Waals surface area contributed by atoms with E-state index >= 15 is 0 Å². The van der Waals surface area contributed by atoms with E-state index in [4.69, 9.17) is 13.6 Å². The third-order valence-electron chi connectivity index (χ3n) is 4.01. The summed E-state index contributed by atoms with van der Waals surface area (Å²) in [6.45, 7) is 2.02. The molecule has 0 amide bonds. The van der Waals surface area contributed by atoms with Crippen LogP contribution in [0.2, 0.25) is 0 Å². The summed E-state index contributed by atoms with van der Waals surface area (Å²) in [5, 5.41) is 1.25. The molecule has 0 aliphatic carbocycles. The summed E-state index contributed by atoms with van der Waals surface area (Å²) in [6, 6.07) is 8.27. The average Bonchev–Trinajstić information content (AvgIpc) is 2.96. The van der Waals surface area contributed by atoms with E-state index in [1.54, 1.807) is 0 Å². The molecule has 0 bridgehead atoms. The molecule has 126 valence electrons. The maximum absolute atomic E-state index is 12.2. The molecule has 0 radical (unpaired) electrons. The van der Waals surface area contributed by atoms with E-state index in [1.807, 2.05) is 26.2 Å². The summed E-state index contributed by atoms with van der Waals surface area (Å²) >= 11 is 0. The van der Waals surface area contributed by atoms with Gasteiger partial charge >= 0.3 is 7.82 Å². The Bertz CT molecular complexity index is 703. The third-order valence-corrected chi connectivity index (χ3v) is 5.44. The number of nitrogens with one attached hydrogen (secondary N) is 1. The van der Waals surface area contributed by atoms with Crippen molar-refractivity contribution in [3.63, 3.8) is 0 Å². The van der Waals surface area contributed by atoms with Crippen LogP contribution in [-0.4, -0.2) is 50.1 Å². The van der Waals surface area contributed by atoms with E-state index < -0.39 is 7.82 Å². The van der Waals surface area contributed by atoms with E-state index in [1.165, 1.54) is 10.9 Å². The molecule has 0 atom stereocenters. The Morgan fingerprint density at radius 2 is 2.00 bits per heavy atom. The summed E-state index contributed by atoms with van der Waals surface area (Å²) in [5.74, 6) is 0. The Balaban J connectivity index is 1.57. The van der Waals surface area contributed by atoms with Crippen molar-refractivity contribution in [1.29, 1.82) is 0 Å². The van der Waals surface area contributed by atoms with Gasteiger partial charge in [0.2, 0.25) is 0 Å². The minimum Gasteiger partial charge on any atom is -0.361 e. The summed E-state index contributed by atoms with van der Waals surface area (Å²) in [6.07, 6.45) is 3.72. The number of hydrogen-bond donors (Lipinski definition) is 1. The fourth-order valence-electron chi connectivity index (χ4n) is 2.58. The lowest BCUT2D eigenvalue weighted by molar-refractivity contribution is -0.906. The number of nitrogens with zero attached hydrogens (tertiary/aromatic N) is 1. The highest BCUT2D eigenvalue weighted by Crippen LogP contribution is 2.51. The maximum Gasteiger partial charge on any atom is 0.479 e. The zero-order valence-electron chi connectivity index (χ0n) is 13.7. The molecule has 7 heteroatoms. The van der Waals surface area contributed by atoms with Crippen LogP contribution >= 0.6 is 7.82 Å². The molecule has 0 unspecified atom stereocenters. The van der Waals surface area contributed by atoms with E-state index in [0.29, 0.717) is 24.4 Å². The number of H-pyrrole nitrogens is 1. The van der Waals surface area contributed by atoms with E-state index in [-0.39, 0.29) is 0 Å². The minimum atomic E-state index is -3.35. The zero-order valence-corrected chi connectivity index (χ0v) is 14.6. The SMILES string of the molecule is C[N+](C)(CCc1c[nH]c2ccccc12)COP1(=O)OCCCO1. The van der Waals surface area contributed by atoms with Crippen molar-refractivity contribution in [3.05, 3.63) is 36.0 Å². The van der Waals surface area contributed by atoms with Gasteiger partial charge in [-0.2, -0.15) is 0 Å². The molecule has 0 spiro atoms. The molecular weight excluding hydrogens is 315 g/mol. The zero-order chi connectivity index (χ0) is 16.3.